The van der Waals surface area contributed by atoms with Gasteiger partial charge in [-0.1, -0.05) is 260 Å². The van der Waals surface area contributed by atoms with E-state index in [1.165, 1.54) is 161 Å². The number of rotatable bonds is 49. The monoisotopic (exact) mass is 879 g/mol. The first-order valence-corrected chi connectivity index (χ1v) is 27.0. The van der Waals surface area contributed by atoms with E-state index in [1.54, 1.807) is 0 Å². The summed E-state index contributed by atoms with van der Waals surface area (Å²) in [6.07, 6.45) is 73.1. The highest BCUT2D eigenvalue weighted by molar-refractivity contribution is 5.70. The van der Waals surface area contributed by atoms with Gasteiger partial charge in [-0.15, -0.1) is 0 Å². The lowest BCUT2D eigenvalue weighted by atomic mass is 10.0. The maximum Gasteiger partial charge on any atom is 0.306 e. The van der Waals surface area contributed by atoms with E-state index in [2.05, 4.69) is 86.8 Å². The van der Waals surface area contributed by atoms with Gasteiger partial charge in [-0.25, -0.2) is 0 Å². The Morgan fingerprint density at radius 1 is 0.381 bits per heavy atom. The van der Waals surface area contributed by atoms with Crippen LogP contribution < -0.4 is 0 Å². The normalized spacial score (nSPS) is 12.7. The first kappa shape index (κ1) is 60.3. The van der Waals surface area contributed by atoms with Gasteiger partial charge in [0.2, 0.25) is 0 Å². The van der Waals surface area contributed by atoms with Gasteiger partial charge in [-0.3, -0.25) is 9.59 Å². The number of hydrogen-bond acceptors (Lipinski definition) is 5. The second kappa shape index (κ2) is 53.7. The number of aliphatic hydroxyl groups is 1. The summed E-state index contributed by atoms with van der Waals surface area (Å²) in [5.74, 6) is -0.581. The molecule has 0 fully saturated rings. The molecule has 364 valence electrons. The Hall–Kier alpha value is -2.66. The number of aliphatic hydroxyl groups excluding tert-OH is 1. The smallest absolute Gasteiger partial charge is 0.306 e. The van der Waals surface area contributed by atoms with Crippen molar-refractivity contribution in [3.8, 4) is 0 Å². The van der Waals surface area contributed by atoms with E-state index >= 15 is 0 Å². The summed E-state index contributed by atoms with van der Waals surface area (Å²) in [5.41, 5.74) is 0. The lowest BCUT2D eigenvalue weighted by Gasteiger charge is -2.15. The van der Waals surface area contributed by atoms with Crippen molar-refractivity contribution >= 4 is 11.9 Å². The SMILES string of the molecule is CC/C=C\C/C=C\C/C=C\C/C=C\C/C=C\C/C=C\CCCCCCCCCCCCCCCCCCCCC(=O)OC(CO)COC(=O)CCCCCCCCCCCCCC. The van der Waals surface area contributed by atoms with Crippen LogP contribution in [0.2, 0.25) is 0 Å². The molecule has 1 unspecified atom stereocenters. The minimum atomic E-state index is -0.769. The van der Waals surface area contributed by atoms with Gasteiger partial charge in [0, 0.05) is 12.8 Å². The number of unbranched alkanes of at least 4 members (excludes halogenated alkanes) is 29. The Morgan fingerprint density at radius 3 is 1.03 bits per heavy atom. The predicted molar refractivity (Wildman–Crippen MR) is 274 cm³/mol. The van der Waals surface area contributed by atoms with Gasteiger partial charge in [0.15, 0.2) is 6.10 Å². The molecule has 1 atom stereocenters. The van der Waals surface area contributed by atoms with Crippen molar-refractivity contribution in [3.05, 3.63) is 72.9 Å². The summed E-state index contributed by atoms with van der Waals surface area (Å²) < 4.78 is 10.7. The highest BCUT2D eigenvalue weighted by Gasteiger charge is 2.16. The molecule has 0 spiro atoms. The zero-order valence-electron chi connectivity index (χ0n) is 41.6. The van der Waals surface area contributed by atoms with Gasteiger partial charge >= 0.3 is 11.9 Å². The molecule has 5 nitrogen and oxygen atoms in total. The zero-order chi connectivity index (χ0) is 45.6. The minimum Gasteiger partial charge on any atom is -0.462 e. The summed E-state index contributed by atoms with van der Waals surface area (Å²) in [6.45, 7) is 4.04. The van der Waals surface area contributed by atoms with Crippen LogP contribution in [0.25, 0.3) is 0 Å². The number of carbonyl (C=O) groups excluding carboxylic acids is 2. The molecule has 0 aromatic carbocycles. The molecule has 0 aromatic heterocycles. The molecule has 0 aliphatic rings. The largest absolute Gasteiger partial charge is 0.462 e. The second-order valence-corrected chi connectivity index (χ2v) is 17.9. The summed E-state index contributed by atoms with van der Waals surface area (Å²) in [4.78, 5) is 24.4. The van der Waals surface area contributed by atoms with Crippen LogP contribution in [0.15, 0.2) is 72.9 Å². The predicted octanol–water partition coefficient (Wildman–Crippen LogP) is 18.0. The molecule has 0 rings (SSSR count). The number of hydrogen-bond donors (Lipinski definition) is 1. The van der Waals surface area contributed by atoms with Crippen molar-refractivity contribution in [2.24, 2.45) is 0 Å². The fraction of sp³-hybridized carbons (Fsp3) is 0.759. The van der Waals surface area contributed by atoms with Crippen molar-refractivity contribution in [3.63, 3.8) is 0 Å². The van der Waals surface area contributed by atoms with Gasteiger partial charge in [-0.05, 0) is 64.2 Å². The average Bonchev–Trinajstić information content (AvgIpc) is 3.29. The van der Waals surface area contributed by atoms with Crippen molar-refractivity contribution in [2.45, 2.75) is 270 Å². The van der Waals surface area contributed by atoms with Crippen LogP contribution in [-0.4, -0.2) is 36.4 Å². The summed E-state index contributed by atoms with van der Waals surface area (Å²) in [6, 6.07) is 0. The fourth-order valence-electron chi connectivity index (χ4n) is 7.74. The van der Waals surface area contributed by atoms with Crippen LogP contribution in [-0.2, 0) is 19.1 Å². The molecule has 63 heavy (non-hydrogen) atoms. The maximum absolute atomic E-state index is 12.3. The van der Waals surface area contributed by atoms with Gasteiger partial charge < -0.3 is 14.6 Å². The Morgan fingerprint density at radius 2 is 0.683 bits per heavy atom. The lowest BCUT2D eigenvalue weighted by molar-refractivity contribution is -0.161. The van der Waals surface area contributed by atoms with Crippen molar-refractivity contribution in [2.75, 3.05) is 13.2 Å². The van der Waals surface area contributed by atoms with E-state index in [4.69, 9.17) is 9.47 Å². The van der Waals surface area contributed by atoms with Crippen molar-refractivity contribution < 1.29 is 24.2 Å². The van der Waals surface area contributed by atoms with E-state index in [-0.39, 0.29) is 25.2 Å². The second-order valence-electron chi connectivity index (χ2n) is 17.9. The number of allylic oxidation sites excluding steroid dienone is 12. The lowest BCUT2D eigenvalue weighted by Crippen LogP contribution is -2.28. The Labute approximate surface area is 391 Å². The van der Waals surface area contributed by atoms with Gasteiger partial charge in [0.05, 0.1) is 6.61 Å². The summed E-state index contributed by atoms with van der Waals surface area (Å²) in [7, 11) is 0. The van der Waals surface area contributed by atoms with Crippen molar-refractivity contribution in [1.29, 1.82) is 0 Å². The molecule has 0 bridgehead atoms. The Kier molecular flexibility index (Phi) is 51.4. The third-order valence-electron chi connectivity index (χ3n) is 11.8. The van der Waals surface area contributed by atoms with E-state index in [0.29, 0.717) is 12.8 Å². The molecule has 0 saturated heterocycles. The van der Waals surface area contributed by atoms with E-state index in [1.807, 2.05) is 0 Å². The standard InChI is InChI=1S/C58H102O5/c1-3-5-7-9-11-13-15-17-18-19-20-21-22-23-24-25-26-27-28-29-30-31-32-33-34-35-36-37-38-39-40-41-43-45-47-49-51-53-58(61)63-56(54-59)55-62-57(60)52-50-48-46-44-42-16-14-12-10-8-6-4-2/h5,7,11,13,17-18,20-21,23-24,26-27,56,59H,3-4,6,8-10,12,14-16,19,22,25,28-55H2,1-2H3/b7-5-,13-11-,18-17-,21-20-,24-23-,27-26-. The minimum absolute atomic E-state index is 0.0624. The molecule has 0 aliphatic carbocycles. The summed E-state index contributed by atoms with van der Waals surface area (Å²) >= 11 is 0. The number of ether oxygens (including phenoxy) is 2. The van der Waals surface area contributed by atoms with Gasteiger partial charge in [-0.2, -0.15) is 0 Å². The molecule has 0 heterocycles. The Bertz CT molecular complexity index is 1130. The molecule has 0 amide bonds. The maximum atomic E-state index is 12.3. The zero-order valence-corrected chi connectivity index (χ0v) is 41.6. The average molecular weight is 879 g/mol. The van der Waals surface area contributed by atoms with E-state index in [9.17, 15) is 14.7 Å². The van der Waals surface area contributed by atoms with Crippen LogP contribution in [0, 0.1) is 0 Å². The topological polar surface area (TPSA) is 72.8 Å². The highest BCUT2D eigenvalue weighted by Crippen LogP contribution is 2.16. The van der Waals surface area contributed by atoms with Crippen LogP contribution >= 0.6 is 0 Å². The molecule has 0 radical (unpaired) electrons. The Balaban J connectivity index is 3.44. The fourth-order valence-corrected chi connectivity index (χ4v) is 7.74. The van der Waals surface area contributed by atoms with Gasteiger partial charge in [0.25, 0.3) is 0 Å². The quantitative estimate of drug-likeness (QED) is 0.0374. The van der Waals surface area contributed by atoms with Crippen LogP contribution in [0.5, 0.6) is 0 Å². The number of carbonyl (C=O) groups is 2. The van der Waals surface area contributed by atoms with Crippen molar-refractivity contribution in [1.82, 2.24) is 0 Å². The van der Waals surface area contributed by atoms with E-state index < -0.39 is 6.10 Å². The molecular formula is C58H102O5. The molecule has 0 aliphatic heterocycles. The molecular weight excluding hydrogens is 777 g/mol. The first-order chi connectivity index (χ1) is 31.1. The molecule has 0 aromatic rings. The van der Waals surface area contributed by atoms with Crippen LogP contribution in [0.1, 0.15) is 264 Å². The van der Waals surface area contributed by atoms with E-state index in [0.717, 1.165) is 77.0 Å². The van der Waals surface area contributed by atoms with Gasteiger partial charge in [0.1, 0.15) is 6.61 Å². The third-order valence-corrected chi connectivity index (χ3v) is 11.8. The molecule has 0 saturated carbocycles. The molecule has 5 heteroatoms. The third kappa shape index (κ3) is 51.9. The highest BCUT2D eigenvalue weighted by atomic mass is 16.6. The summed E-state index contributed by atoms with van der Waals surface area (Å²) in [5, 5.41) is 9.61. The van der Waals surface area contributed by atoms with Crippen LogP contribution in [0.4, 0.5) is 0 Å². The van der Waals surface area contributed by atoms with Crippen LogP contribution in [0.3, 0.4) is 0 Å². The number of esters is 2. The molecule has 1 N–H and O–H groups in total. The first-order valence-electron chi connectivity index (χ1n) is 27.0.